The van der Waals surface area contributed by atoms with E-state index >= 15 is 0 Å². The Hall–Kier alpha value is -3.20. The minimum Gasteiger partial charge on any atom is -0.493 e. The maximum absolute atomic E-state index is 12.6. The number of nitrogens with zero attached hydrogens (tertiary/aromatic N) is 1. The van der Waals surface area contributed by atoms with Crippen molar-refractivity contribution in [1.82, 2.24) is 10.3 Å². The molecule has 0 spiro atoms. The van der Waals surface area contributed by atoms with Gasteiger partial charge in [0.1, 0.15) is 18.0 Å². The molecule has 0 bridgehead atoms. The Balaban J connectivity index is 1.74. The smallest absolute Gasteiger partial charge is 0.433 e. The fourth-order valence-electron chi connectivity index (χ4n) is 3.11. The topological polar surface area (TPSA) is 95.4 Å². The third kappa shape index (κ3) is 4.35. The predicted molar refractivity (Wildman–Crippen MR) is 106 cm³/mol. The standard InChI is InChI=1S/C21H23F3N4O2/c1-13(20(26)18(25)4-3-9-28-20)15-6-7-16(17(10-15)29-2)30-12-14-5-8-19(27-11-14)21(22,23)24/h3-11,13,28H,12,25-26H2,1-2H3. The molecule has 1 aliphatic heterocycles. The van der Waals surface area contributed by atoms with E-state index in [0.717, 1.165) is 17.8 Å². The summed E-state index contributed by atoms with van der Waals surface area (Å²) in [5, 5.41) is 3.10. The number of methoxy groups -OCH3 is 1. The van der Waals surface area contributed by atoms with Crippen molar-refractivity contribution in [3.63, 3.8) is 0 Å². The van der Waals surface area contributed by atoms with Crippen molar-refractivity contribution in [3.05, 3.63) is 77.4 Å². The van der Waals surface area contributed by atoms with E-state index in [1.54, 1.807) is 30.5 Å². The maximum atomic E-state index is 12.6. The first-order valence-corrected chi connectivity index (χ1v) is 9.17. The number of rotatable bonds is 6. The molecule has 1 aromatic carbocycles. The van der Waals surface area contributed by atoms with Crippen LogP contribution in [-0.4, -0.2) is 17.8 Å². The number of dihydropyridines is 1. The van der Waals surface area contributed by atoms with Gasteiger partial charge in [0.15, 0.2) is 11.5 Å². The number of hydrogen-bond donors (Lipinski definition) is 3. The van der Waals surface area contributed by atoms with Crippen molar-refractivity contribution < 1.29 is 22.6 Å². The number of pyridine rings is 1. The number of aromatic nitrogens is 1. The number of hydrogen-bond acceptors (Lipinski definition) is 6. The molecule has 3 rings (SSSR count). The third-order valence-corrected chi connectivity index (χ3v) is 5.05. The first-order valence-electron chi connectivity index (χ1n) is 9.17. The molecular weight excluding hydrogens is 397 g/mol. The van der Waals surface area contributed by atoms with Crippen LogP contribution in [0.4, 0.5) is 13.2 Å². The lowest BCUT2D eigenvalue weighted by Gasteiger charge is -2.38. The molecule has 5 N–H and O–H groups in total. The first kappa shape index (κ1) is 21.5. The third-order valence-electron chi connectivity index (χ3n) is 5.05. The SMILES string of the molecule is COc1cc(C(C)C2(N)NC=CC=C2N)ccc1OCc1ccc(C(F)(F)F)nc1. The first-order chi connectivity index (χ1) is 14.1. The Morgan fingerprint density at radius 3 is 2.57 bits per heavy atom. The van der Waals surface area contributed by atoms with Gasteiger partial charge < -0.3 is 26.3 Å². The van der Waals surface area contributed by atoms with E-state index in [1.165, 1.54) is 13.2 Å². The lowest BCUT2D eigenvalue weighted by molar-refractivity contribution is -0.141. The summed E-state index contributed by atoms with van der Waals surface area (Å²) in [7, 11) is 1.50. The zero-order valence-corrected chi connectivity index (χ0v) is 16.5. The number of alkyl halides is 3. The number of benzene rings is 1. The molecule has 160 valence electrons. The van der Waals surface area contributed by atoms with Gasteiger partial charge in [-0.1, -0.05) is 19.1 Å². The van der Waals surface area contributed by atoms with Crippen molar-refractivity contribution >= 4 is 0 Å². The Bertz CT molecular complexity index is 958. The van der Waals surface area contributed by atoms with Gasteiger partial charge in [0, 0.05) is 23.4 Å². The summed E-state index contributed by atoms with van der Waals surface area (Å²) < 4.78 is 49.0. The van der Waals surface area contributed by atoms with Crippen LogP contribution in [-0.2, 0) is 12.8 Å². The van der Waals surface area contributed by atoms with Crippen LogP contribution in [0, 0.1) is 0 Å². The minimum atomic E-state index is -4.48. The van der Waals surface area contributed by atoms with Gasteiger partial charge in [0.25, 0.3) is 0 Å². The quantitative estimate of drug-likeness (QED) is 0.663. The molecule has 0 radical (unpaired) electrons. The van der Waals surface area contributed by atoms with E-state index in [0.29, 0.717) is 22.8 Å². The van der Waals surface area contributed by atoms with Crippen LogP contribution < -0.4 is 26.3 Å². The molecule has 9 heteroatoms. The summed E-state index contributed by atoms with van der Waals surface area (Å²) in [6, 6.07) is 7.62. The van der Waals surface area contributed by atoms with Crippen molar-refractivity contribution in [3.8, 4) is 11.5 Å². The number of ether oxygens (including phenoxy) is 2. The highest BCUT2D eigenvalue weighted by molar-refractivity contribution is 5.46. The van der Waals surface area contributed by atoms with Crippen molar-refractivity contribution in [2.45, 2.75) is 31.3 Å². The minimum absolute atomic E-state index is 0.0409. The molecule has 0 amide bonds. The second kappa shape index (κ2) is 8.27. The molecule has 0 fully saturated rings. The van der Waals surface area contributed by atoms with E-state index in [1.807, 2.05) is 13.0 Å². The van der Waals surface area contributed by atoms with Crippen LogP contribution in [0.1, 0.15) is 29.7 Å². The van der Waals surface area contributed by atoms with Crippen molar-refractivity contribution in [2.75, 3.05) is 7.11 Å². The van der Waals surface area contributed by atoms with Gasteiger partial charge in [-0.25, -0.2) is 0 Å². The number of halogens is 3. The molecule has 2 aromatic rings. The molecule has 6 nitrogen and oxygen atoms in total. The molecule has 0 saturated carbocycles. The van der Waals surface area contributed by atoms with E-state index < -0.39 is 17.5 Å². The molecule has 2 heterocycles. The second-order valence-electron chi connectivity index (χ2n) is 6.96. The number of allylic oxidation sites excluding steroid dienone is 2. The fraction of sp³-hybridized carbons (Fsp3) is 0.286. The van der Waals surface area contributed by atoms with E-state index in [4.69, 9.17) is 20.9 Å². The van der Waals surface area contributed by atoms with Crippen LogP contribution in [0.3, 0.4) is 0 Å². The fourth-order valence-corrected chi connectivity index (χ4v) is 3.11. The lowest BCUT2D eigenvalue weighted by Crippen LogP contribution is -2.59. The van der Waals surface area contributed by atoms with Gasteiger partial charge in [-0.15, -0.1) is 0 Å². The molecule has 2 atom stereocenters. The Morgan fingerprint density at radius 2 is 1.97 bits per heavy atom. The zero-order chi connectivity index (χ0) is 21.9. The molecule has 1 aliphatic rings. The molecule has 2 unspecified atom stereocenters. The van der Waals surface area contributed by atoms with Gasteiger partial charge in [0.05, 0.1) is 7.11 Å². The normalized spacial score (nSPS) is 19.6. The van der Waals surface area contributed by atoms with Crippen LogP contribution in [0.5, 0.6) is 11.5 Å². The van der Waals surface area contributed by atoms with Crippen LogP contribution >= 0.6 is 0 Å². The average molecular weight is 420 g/mol. The summed E-state index contributed by atoms with van der Waals surface area (Å²) in [6.07, 6.45) is 1.93. The largest absolute Gasteiger partial charge is 0.493 e. The summed E-state index contributed by atoms with van der Waals surface area (Å²) in [5.41, 5.74) is 12.5. The van der Waals surface area contributed by atoms with Crippen molar-refractivity contribution in [2.24, 2.45) is 11.5 Å². The average Bonchev–Trinajstić information content (AvgIpc) is 2.73. The van der Waals surface area contributed by atoms with Gasteiger partial charge in [-0.3, -0.25) is 4.98 Å². The summed E-state index contributed by atoms with van der Waals surface area (Å²) in [5.74, 6) is 0.719. The molecular formula is C21H23F3N4O2. The lowest BCUT2D eigenvalue weighted by atomic mass is 9.84. The Morgan fingerprint density at radius 1 is 1.20 bits per heavy atom. The van der Waals surface area contributed by atoms with Crippen LogP contribution in [0.15, 0.2) is 60.6 Å². The molecule has 0 aliphatic carbocycles. The summed E-state index contributed by atoms with van der Waals surface area (Å²) >= 11 is 0. The highest BCUT2D eigenvalue weighted by Gasteiger charge is 2.36. The van der Waals surface area contributed by atoms with Crippen LogP contribution in [0.25, 0.3) is 0 Å². The van der Waals surface area contributed by atoms with E-state index in [9.17, 15) is 13.2 Å². The van der Waals surface area contributed by atoms with Crippen molar-refractivity contribution in [1.29, 1.82) is 0 Å². The molecule has 30 heavy (non-hydrogen) atoms. The summed E-state index contributed by atoms with van der Waals surface area (Å²) in [4.78, 5) is 3.43. The summed E-state index contributed by atoms with van der Waals surface area (Å²) in [6.45, 7) is 1.98. The highest BCUT2D eigenvalue weighted by atomic mass is 19.4. The van der Waals surface area contributed by atoms with Gasteiger partial charge in [-0.2, -0.15) is 13.2 Å². The van der Waals surface area contributed by atoms with E-state index in [2.05, 4.69) is 10.3 Å². The Kier molecular flexibility index (Phi) is 5.93. The molecule has 1 aromatic heterocycles. The number of nitrogens with two attached hydrogens (primary N) is 2. The maximum Gasteiger partial charge on any atom is 0.433 e. The highest BCUT2D eigenvalue weighted by Crippen LogP contribution is 2.36. The van der Waals surface area contributed by atoms with Crippen LogP contribution in [0.2, 0.25) is 0 Å². The van der Waals surface area contributed by atoms with Gasteiger partial charge in [0.2, 0.25) is 0 Å². The molecule has 0 saturated heterocycles. The van der Waals surface area contributed by atoms with Gasteiger partial charge >= 0.3 is 6.18 Å². The van der Waals surface area contributed by atoms with Gasteiger partial charge in [-0.05, 0) is 42.1 Å². The monoisotopic (exact) mass is 420 g/mol. The second-order valence-corrected chi connectivity index (χ2v) is 6.96. The Labute approximate surface area is 172 Å². The van der Waals surface area contributed by atoms with E-state index in [-0.39, 0.29) is 12.5 Å². The zero-order valence-electron chi connectivity index (χ0n) is 16.5. The predicted octanol–water partition coefficient (Wildman–Crippen LogP) is 3.41. The number of nitrogens with one attached hydrogen (secondary N) is 1.